The second kappa shape index (κ2) is 3.35. The molecule has 1 saturated heterocycles. The minimum Gasteiger partial charge on any atom is -0.352 e. The third kappa shape index (κ3) is 1.81. The van der Waals surface area contributed by atoms with Crippen LogP contribution >= 0.6 is 27.3 Å². The second-order valence-electron chi connectivity index (χ2n) is 3.45. The average molecular weight is 262 g/mol. The summed E-state index contributed by atoms with van der Waals surface area (Å²) in [6.45, 7) is 5.09. The summed E-state index contributed by atoms with van der Waals surface area (Å²) >= 11 is 5.17. The predicted octanol–water partition coefficient (Wildman–Crippen LogP) is 2.69. The van der Waals surface area contributed by atoms with E-state index in [-0.39, 0.29) is 5.72 Å². The lowest BCUT2D eigenvalue weighted by Crippen LogP contribution is -2.33. The zero-order chi connectivity index (χ0) is 9.47. The molecule has 1 aliphatic rings. The minimum absolute atomic E-state index is 0.282. The van der Waals surface area contributed by atoms with Gasteiger partial charge in [0.15, 0.2) is 5.72 Å². The van der Waals surface area contributed by atoms with Crippen molar-refractivity contribution in [1.82, 2.24) is 5.32 Å². The van der Waals surface area contributed by atoms with E-state index in [4.69, 9.17) is 4.74 Å². The third-order valence-corrected chi connectivity index (χ3v) is 4.03. The van der Waals surface area contributed by atoms with Crippen molar-refractivity contribution in [2.45, 2.75) is 25.7 Å². The van der Waals surface area contributed by atoms with Crippen LogP contribution in [0.5, 0.6) is 0 Å². The van der Waals surface area contributed by atoms with Gasteiger partial charge in [-0.2, -0.15) is 0 Å². The molecule has 0 radical (unpaired) electrons. The normalized spacial score (nSPS) is 33.9. The Balaban J connectivity index is 2.25. The van der Waals surface area contributed by atoms with Crippen molar-refractivity contribution in [3.8, 4) is 0 Å². The highest BCUT2D eigenvalue weighted by atomic mass is 79.9. The van der Waals surface area contributed by atoms with Crippen LogP contribution < -0.4 is 5.32 Å². The Morgan fingerprint density at radius 3 is 2.92 bits per heavy atom. The first-order valence-electron chi connectivity index (χ1n) is 4.29. The summed E-state index contributed by atoms with van der Waals surface area (Å²) < 4.78 is 6.97. The molecule has 0 saturated carbocycles. The maximum Gasteiger partial charge on any atom is 0.152 e. The molecule has 0 aliphatic carbocycles. The van der Waals surface area contributed by atoms with E-state index in [1.54, 1.807) is 11.3 Å². The molecule has 1 aromatic rings. The maximum atomic E-state index is 5.83. The van der Waals surface area contributed by atoms with E-state index in [1.807, 2.05) is 0 Å². The molecule has 2 unspecified atom stereocenters. The number of thiophene rings is 1. The van der Waals surface area contributed by atoms with E-state index in [0.717, 1.165) is 10.3 Å². The molecule has 0 amide bonds. The van der Waals surface area contributed by atoms with Crippen LogP contribution in [0.1, 0.15) is 18.7 Å². The minimum atomic E-state index is -0.282. The molecule has 1 fully saturated rings. The Hall–Kier alpha value is 0.1000. The van der Waals surface area contributed by atoms with Gasteiger partial charge in [0, 0.05) is 6.54 Å². The van der Waals surface area contributed by atoms with Crippen LogP contribution in [0, 0.1) is 0 Å². The molecule has 1 aromatic heterocycles. The van der Waals surface area contributed by atoms with Crippen molar-refractivity contribution in [3.63, 3.8) is 0 Å². The van der Waals surface area contributed by atoms with Gasteiger partial charge in [-0.05, 0) is 41.9 Å². The van der Waals surface area contributed by atoms with Crippen molar-refractivity contribution in [2.24, 2.45) is 0 Å². The third-order valence-electron chi connectivity index (χ3n) is 2.21. The van der Waals surface area contributed by atoms with Gasteiger partial charge in [0.25, 0.3) is 0 Å². The number of nitrogens with one attached hydrogen (secondary N) is 1. The van der Waals surface area contributed by atoms with Crippen molar-refractivity contribution in [1.29, 1.82) is 0 Å². The van der Waals surface area contributed by atoms with Gasteiger partial charge in [-0.15, -0.1) is 11.3 Å². The van der Waals surface area contributed by atoms with Gasteiger partial charge in [0.2, 0.25) is 0 Å². The van der Waals surface area contributed by atoms with Gasteiger partial charge in [-0.3, -0.25) is 5.32 Å². The molecule has 2 nitrogen and oxygen atoms in total. The maximum absolute atomic E-state index is 5.83. The van der Waals surface area contributed by atoms with E-state index in [9.17, 15) is 0 Å². The molecule has 0 aromatic carbocycles. The van der Waals surface area contributed by atoms with E-state index in [1.165, 1.54) is 4.88 Å². The van der Waals surface area contributed by atoms with Crippen LogP contribution in [0.3, 0.4) is 0 Å². The molecule has 0 bridgehead atoms. The highest BCUT2D eigenvalue weighted by molar-refractivity contribution is 9.11. The van der Waals surface area contributed by atoms with E-state index in [2.05, 4.69) is 47.2 Å². The molecule has 0 spiro atoms. The van der Waals surface area contributed by atoms with Crippen LogP contribution in [-0.2, 0) is 10.5 Å². The lowest BCUT2D eigenvalue weighted by Gasteiger charge is -2.22. The number of hydrogen-bond acceptors (Lipinski definition) is 3. The summed E-state index contributed by atoms with van der Waals surface area (Å²) in [5.74, 6) is 0. The van der Waals surface area contributed by atoms with Gasteiger partial charge in [0.05, 0.1) is 14.8 Å². The van der Waals surface area contributed by atoms with E-state index >= 15 is 0 Å². The summed E-state index contributed by atoms with van der Waals surface area (Å²) in [6.07, 6.45) is 0.297. The number of hydrogen-bond donors (Lipinski definition) is 1. The molecule has 13 heavy (non-hydrogen) atoms. The number of ether oxygens (including phenoxy) is 1. The Morgan fingerprint density at radius 1 is 1.69 bits per heavy atom. The predicted molar refractivity (Wildman–Crippen MR) is 57.9 cm³/mol. The number of halogens is 1. The van der Waals surface area contributed by atoms with Crippen LogP contribution in [0.15, 0.2) is 15.9 Å². The SMILES string of the molecule is CC1CNC(C)(c2ccc(Br)s2)O1. The van der Waals surface area contributed by atoms with E-state index in [0.29, 0.717) is 6.10 Å². The zero-order valence-corrected chi connectivity index (χ0v) is 10.0. The van der Waals surface area contributed by atoms with Gasteiger partial charge in [-0.1, -0.05) is 0 Å². The largest absolute Gasteiger partial charge is 0.352 e. The smallest absolute Gasteiger partial charge is 0.152 e. The van der Waals surface area contributed by atoms with Crippen LogP contribution in [-0.4, -0.2) is 12.6 Å². The summed E-state index contributed by atoms with van der Waals surface area (Å²) in [7, 11) is 0. The fourth-order valence-electron chi connectivity index (χ4n) is 1.54. The molecular weight excluding hydrogens is 250 g/mol. The fraction of sp³-hybridized carbons (Fsp3) is 0.556. The summed E-state index contributed by atoms with van der Waals surface area (Å²) in [5.41, 5.74) is -0.282. The standard InChI is InChI=1S/C9H12BrNOS/c1-6-5-11-9(2,12-6)7-3-4-8(10)13-7/h3-4,6,11H,5H2,1-2H3. The highest BCUT2D eigenvalue weighted by Gasteiger charge is 2.36. The van der Waals surface area contributed by atoms with Gasteiger partial charge < -0.3 is 4.74 Å². The molecule has 1 N–H and O–H groups in total. The first kappa shape index (κ1) is 9.65. The highest BCUT2D eigenvalue weighted by Crippen LogP contribution is 2.35. The Labute approximate surface area is 90.4 Å². The van der Waals surface area contributed by atoms with Gasteiger partial charge in [-0.25, -0.2) is 0 Å². The van der Waals surface area contributed by atoms with E-state index < -0.39 is 0 Å². The van der Waals surface area contributed by atoms with Crippen molar-refractivity contribution in [2.75, 3.05) is 6.54 Å². The first-order chi connectivity index (χ1) is 6.10. The average Bonchev–Trinajstić information content (AvgIpc) is 2.60. The van der Waals surface area contributed by atoms with Crippen molar-refractivity contribution in [3.05, 3.63) is 20.8 Å². The monoisotopic (exact) mass is 261 g/mol. The van der Waals surface area contributed by atoms with Crippen molar-refractivity contribution >= 4 is 27.3 Å². The second-order valence-corrected chi connectivity index (χ2v) is 5.91. The Kier molecular flexibility index (Phi) is 2.49. The molecule has 2 heterocycles. The van der Waals surface area contributed by atoms with Crippen LogP contribution in [0.2, 0.25) is 0 Å². The molecular formula is C9H12BrNOS. The van der Waals surface area contributed by atoms with Crippen LogP contribution in [0.25, 0.3) is 0 Å². The molecule has 4 heteroatoms. The zero-order valence-electron chi connectivity index (χ0n) is 7.63. The van der Waals surface area contributed by atoms with Crippen molar-refractivity contribution < 1.29 is 4.74 Å². The number of rotatable bonds is 1. The van der Waals surface area contributed by atoms with Gasteiger partial charge in [0.1, 0.15) is 0 Å². The molecule has 1 aliphatic heterocycles. The van der Waals surface area contributed by atoms with Crippen LogP contribution in [0.4, 0.5) is 0 Å². The summed E-state index contributed by atoms with van der Waals surface area (Å²) in [6, 6.07) is 4.15. The summed E-state index contributed by atoms with van der Waals surface area (Å²) in [5, 5.41) is 3.38. The quantitative estimate of drug-likeness (QED) is 0.840. The topological polar surface area (TPSA) is 21.3 Å². The Bertz CT molecular complexity index is 314. The lowest BCUT2D eigenvalue weighted by molar-refractivity contribution is -0.0316. The lowest BCUT2D eigenvalue weighted by atomic mass is 10.2. The molecule has 2 rings (SSSR count). The molecule has 2 atom stereocenters. The molecule has 72 valence electrons. The first-order valence-corrected chi connectivity index (χ1v) is 5.90. The fourth-order valence-corrected chi connectivity index (χ4v) is 2.99. The summed E-state index contributed by atoms with van der Waals surface area (Å²) in [4.78, 5) is 1.23. The Morgan fingerprint density at radius 2 is 2.46 bits per heavy atom. The van der Waals surface area contributed by atoms with Gasteiger partial charge >= 0.3 is 0 Å².